The van der Waals surface area contributed by atoms with Crippen LogP contribution in [0.5, 0.6) is 0 Å². The van der Waals surface area contributed by atoms with Crippen LogP contribution < -0.4 is 10.3 Å². The highest BCUT2D eigenvalue weighted by Crippen LogP contribution is 2.35. The molecule has 2 atom stereocenters. The van der Waals surface area contributed by atoms with E-state index in [1.807, 2.05) is 7.05 Å². The van der Waals surface area contributed by atoms with Crippen LogP contribution in [-0.2, 0) is 4.79 Å². The maximum Gasteiger partial charge on any atom is 0.335 e. The number of hydrogen-bond donors (Lipinski definition) is 2. The molecule has 3 rings (SSSR count). The third kappa shape index (κ3) is 2.46. The number of benzene rings is 1. The number of rotatable bonds is 3. The van der Waals surface area contributed by atoms with E-state index in [4.69, 9.17) is 5.11 Å². The third-order valence-corrected chi connectivity index (χ3v) is 4.54. The lowest BCUT2D eigenvalue weighted by Crippen LogP contribution is -2.46. The predicted octanol–water partition coefficient (Wildman–Crippen LogP) is 0.943. The van der Waals surface area contributed by atoms with Gasteiger partial charge in [0.2, 0.25) is 5.91 Å². The molecule has 1 aromatic carbocycles. The number of nitrogens with zero attached hydrogens (tertiary/aromatic N) is 2. The first kappa shape index (κ1) is 14.9. The highest BCUT2D eigenvalue weighted by molar-refractivity contribution is 5.98. The second kappa shape index (κ2) is 5.66. The fourth-order valence-corrected chi connectivity index (χ4v) is 3.35. The van der Waals surface area contributed by atoms with Gasteiger partial charge in [-0.3, -0.25) is 10.2 Å². The molecule has 0 radical (unpaired) electrons. The van der Waals surface area contributed by atoms with E-state index < -0.39 is 11.8 Å². The van der Waals surface area contributed by atoms with Crippen molar-refractivity contribution in [3.05, 3.63) is 29.6 Å². The standard InChI is InChI=1S/C15H18FN3O3/c1-17-18-5-4-11-10(7-18)8-19(14(11)20)13-3-2-9(15(21)22)6-12(13)16/h2-3,6,10-11,17H,4-5,7-8H2,1H3,(H,21,22)/t10-,11-/m1/s1. The number of halogens is 1. The summed E-state index contributed by atoms with van der Waals surface area (Å²) in [6, 6.07) is 3.67. The van der Waals surface area contributed by atoms with Crippen LogP contribution in [-0.4, -0.2) is 48.7 Å². The van der Waals surface area contributed by atoms with Crippen molar-refractivity contribution in [1.82, 2.24) is 10.4 Å². The molecule has 2 saturated heterocycles. The number of anilines is 1. The Hall–Kier alpha value is -1.99. The molecule has 118 valence electrons. The molecule has 2 aliphatic rings. The number of piperidine rings is 1. The van der Waals surface area contributed by atoms with Crippen LogP contribution in [0.3, 0.4) is 0 Å². The molecule has 22 heavy (non-hydrogen) atoms. The predicted molar refractivity (Wildman–Crippen MR) is 77.9 cm³/mol. The van der Waals surface area contributed by atoms with E-state index in [9.17, 15) is 14.0 Å². The number of carbonyl (C=O) groups is 2. The van der Waals surface area contributed by atoms with Gasteiger partial charge in [-0.15, -0.1) is 0 Å². The van der Waals surface area contributed by atoms with E-state index in [-0.39, 0.29) is 29.0 Å². The molecule has 1 aromatic rings. The Morgan fingerprint density at radius 2 is 2.18 bits per heavy atom. The molecule has 2 heterocycles. The molecule has 7 heteroatoms. The minimum absolute atomic E-state index is 0.0669. The summed E-state index contributed by atoms with van der Waals surface area (Å²) >= 11 is 0. The first-order valence-electron chi connectivity index (χ1n) is 7.28. The number of carboxylic acids is 1. The number of carbonyl (C=O) groups excluding carboxylic acids is 1. The van der Waals surface area contributed by atoms with Crippen LogP contribution in [0.15, 0.2) is 18.2 Å². The van der Waals surface area contributed by atoms with E-state index in [0.717, 1.165) is 25.6 Å². The fourth-order valence-electron chi connectivity index (χ4n) is 3.35. The monoisotopic (exact) mass is 307 g/mol. The zero-order valence-corrected chi connectivity index (χ0v) is 12.3. The van der Waals surface area contributed by atoms with Crippen LogP contribution in [0, 0.1) is 17.7 Å². The second-order valence-corrected chi connectivity index (χ2v) is 5.75. The van der Waals surface area contributed by atoms with E-state index >= 15 is 0 Å². The number of nitrogens with one attached hydrogen (secondary N) is 1. The Morgan fingerprint density at radius 1 is 1.41 bits per heavy atom. The van der Waals surface area contributed by atoms with E-state index in [2.05, 4.69) is 10.4 Å². The highest BCUT2D eigenvalue weighted by atomic mass is 19.1. The maximum atomic E-state index is 14.2. The molecule has 6 nitrogen and oxygen atoms in total. The smallest absolute Gasteiger partial charge is 0.335 e. The minimum atomic E-state index is -1.18. The summed E-state index contributed by atoms with van der Waals surface area (Å²) in [4.78, 5) is 24.8. The van der Waals surface area contributed by atoms with Gasteiger partial charge in [0.1, 0.15) is 5.82 Å². The summed E-state index contributed by atoms with van der Waals surface area (Å²) in [7, 11) is 1.85. The SMILES string of the molecule is CNN1CC[C@H]2C(=O)N(c3ccc(C(=O)O)cc3F)C[C@H]2C1. The minimum Gasteiger partial charge on any atom is -0.478 e. The van der Waals surface area contributed by atoms with Gasteiger partial charge in [0, 0.05) is 31.5 Å². The van der Waals surface area contributed by atoms with Crippen molar-refractivity contribution < 1.29 is 19.1 Å². The van der Waals surface area contributed by atoms with Gasteiger partial charge in [-0.1, -0.05) is 0 Å². The van der Waals surface area contributed by atoms with Gasteiger partial charge in [0.05, 0.1) is 11.3 Å². The number of carboxylic acid groups (broad SMARTS) is 1. The Bertz CT molecular complexity index is 622. The van der Waals surface area contributed by atoms with Gasteiger partial charge in [0.25, 0.3) is 0 Å². The summed E-state index contributed by atoms with van der Waals surface area (Å²) in [5, 5.41) is 10.9. The number of hydrogen-bond acceptors (Lipinski definition) is 4. The van der Waals surface area contributed by atoms with Crippen molar-refractivity contribution in [3.8, 4) is 0 Å². The lowest BCUT2D eigenvalue weighted by Gasteiger charge is -2.32. The molecule has 0 spiro atoms. The topological polar surface area (TPSA) is 72.9 Å². The van der Waals surface area contributed by atoms with E-state index in [1.165, 1.54) is 17.0 Å². The molecule has 0 aliphatic carbocycles. The molecule has 0 saturated carbocycles. The van der Waals surface area contributed by atoms with Gasteiger partial charge in [0.15, 0.2) is 0 Å². The van der Waals surface area contributed by atoms with Crippen LogP contribution >= 0.6 is 0 Å². The van der Waals surface area contributed by atoms with Crippen molar-refractivity contribution in [1.29, 1.82) is 0 Å². The van der Waals surface area contributed by atoms with Gasteiger partial charge in [-0.2, -0.15) is 0 Å². The molecule has 1 amide bonds. The lowest BCUT2D eigenvalue weighted by atomic mass is 9.89. The van der Waals surface area contributed by atoms with E-state index in [1.54, 1.807) is 0 Å². The van der Waals surface area contributed by atoms with Crippen molar-refractivity contribution in [2.45, 2.75) is 6.42 Å². The Labute approximate surface area is 127 Å². The van der Waals surface area contributed by atoms with E-state index in [0.29, 0.717) is 6.54 Å². The van der Waals surface area contributed by atoms with Crippen LogP contribution in [0.2, 0.25) is 0 Å². The molecular weight excluding hydrogens is 289 g/mol. The molecule has 0 bridgehead atoms. The summed E-state index contributed by atoms with van der Waals surface area (Å²) in [6.45, 7) is 2.00. The van der Waals surface area contributed by atoms with Crippen LogP contribution in [0.1, 0.15) is 16.8 Å². The molecule has 2 fully saturated rings. The van der Waals surface area contributed by atoms with Crippen molar-refractivity contribution >= 4 is 17.6 Å². The summed E-state index contributed by atoms with van der Waals surface area (Å²) < 4.78 is 14.2. The Kier molecular flexibility index (Phi) is 3.84. The second-order valence-electron chi connectivity index (χ2n) is 5.75. The molecule has 2 aliphatic heterocycles. The lowest BCUT2D eigenvalue weighted by molar-refractivity contribution is -0.122. The highest BCUT2D eigenvalue weighted by Gasteiger charge is 2.44. The number of amides is 1. The normalized spacial score (nSPS) is 25.4. The van der Waals surface area contributed by atoms with Gasteiger partial charge >= 0.3 is 5.97 Å². The average Bonchev–Trinajstić information content (AvgIpc) is 2.83. The molecule has 0 aromatic heterocycles. The Morgan fingerprint density at radius 3 is 2.82 bits per heavy atom. The molecule has 0 unspecified atom stereocenters. The maximum absolute atomic E-state index is 14.2. The zero-order chi connectivity index (χ0) is 15.9. The summed E-state index contributed by atoms with van der Waals surface area (Å²) in [5.74, 6) is -1.84. The van der Waals surface area contributed by atoms with Gasteiger partial charge < -0.3 is 10.0 Å². The Balaban J connectivity index is 1.84. The number of aromatic carboxylic acids is 1. The van der Waals surface area contributed by atoms with Crippen LogP contribution in [0.4, 0.5) is 10.1 Å². The largest absolute Gasteiger partial charge is 0.478 e. The van der Waals surface area contributed by atoms with Crippen molar-refractivity contribution in [2.75, 3.05) is 31.6 Å². The molecular formula is C15H18FN3O3. The number of hydrazine groups is 1. The number of fused-ring (bicyclic) bond motifs is 1. The first-order chi connectivity index (χ1) is 10.5. The van der Waals surface area contributed by atoms with Crippen LogP contribution in [0.25, 0.3) is 0 Å². The fraction of sp³-hybridized carbons (Fsp3) is 0.467. The third-order valence-electron chi connectivity index (χ3n) is 4.54. The first-order valence-corrected chi connectivity index (χ1v) is 7.28. The summed E-state index contributed by atoms with van der Waals surface area (Å²) in [6.07, 6.45) is 0.746. The average molecular weight is 307 g/mol. The van der Waals surface area contributed by atoms with Crippen molar-refractivity contribution in [3.63, 3.8) is 0 Å². The molecule has 2 N–H and O–H groups in total. The zero-order valence-electron chi connectivity index (χ0n) is 12.3. The quantitative estimate of drug-likeness (QED) is 0.869. The van der Waals surface area contributed by atoms with Crippen molar-refractivity contribution in [2.24, 2.45) is 11.8 Å². The summed E-state index contributed by atoms with van der Waals surface area (Å²) in [5.41, 5.74) is 3.13. The van der Waals surface area contributed by atoms with Gasteiger partial charge in [-0.25, -0.2) is 14.2 Å². The van der Waals surface area contributed by atoms with Gasteiger partial charge in [-0.05, 0) is 31.7 Å².